The Balaban J connectivity index is 1.58. The third-order valence-electron chi connectivity index (χ3n) is 4.70. The van der Waals surface area contributed by atoms with Crippen molar-refractivity contribution in [3.05, 3.63) is 71.4 Å². The first-order valence-electron chi connectivity index (χ1n) is 8.97. The lowest BCUT2D eigenvalue weighted by molar-refractivity contribution is -0.910. The minimum Gasteiger partial charge on any atom is -0.351 e. The quantitative estimate of drug-likeness (QED) is 0.610. The maximum Gasteiger partial charge on any atom is 0.267 e. The molecule has 0 bridgehead atoms. The summed E-state index contributed by atoms with van der Waals surface area (Å²) < 4.78 is 0. The normalized spacial score (nSPS) is 11.2. The Hall–Kier alpha value is -2.59. The third-order valence-corrected chi connectivity index (χ3v) is 4.70. The lowest BCUT2D eigenvalue weighted by Crippen LogP contribution is -3.10. The number of hydrogen-bond donors (Lipinski definition) is 3. The molecule has 0 aliphatic carbocycles. The predicted molar refractivity (Wildman–Crippen MR) is 102 cm³/mol. The molecule has 4 heteroatoms. The minimum absolute atomic E-state index is 0.0761. The topological polar surface area (TPSA) is 49.3 Å². The molecule has 0 aliphatic heterocycles. The van der Waals surface area contributed by atoms with E-state index in [2.05, 4.69) is 48.4 Å². The lowest BCUT2D eigenvalue weighted by atomic mass is 10.1. The second-order valence-corrected chi connectivity index (χ2v) is 6.40. The van der Waals surface area contributed by atoms with Crippen LogP contribution < -0.4 is 10.2 Å². The number of carbonyl (C=O) groups excluding carboxylic acids is 1. The Morgan fingerprint density at radius 2 is 1.68 bits per heavy atom. The summed E-state index contributed by atoms with van der Waals surface area (Å²) in [6.07, 6.45) is 0. The van der Waals surface area contributed by atoms with Gasteiger partial charge >= 0.3 is 0 Å². The number of rotatable bonds is 7. The van der Waals surface area contributed by atoms with Crippen molar-refractivity contribution >= 4 is 16.8 Å². The highest BCUT2D eigenvalue weighted by molar-refractivity contribution is 5.97. The second kappa shape index (κ2) is 7.99. The van der Waals surface area contributed by atoms with E-state index < -0.39 is 0 Å². The van der Waals surface area contributed by atoms with Gasteiger partial charge in [0.2, 0.25) is 0 Å². The van der Waals surface area contributed by atoms with E-state index in [0.29, 0.717) is 12.2 Å². The molecule has 3 rings (SSSR count). The van der Waals surface area contributed by atoms with Crippen molar-refractivity contribution in [1.82, 2.24) is 10.3 Å². The van der Waals surface area contributed by atoms with Crippen LogP contribution in [-0.4, -0.2) is 24.0 Å². The van der Waals surface area contributed by atoms with E-state index in [1.165, 1.54) is 5.56 Å². The zero-order valence-corrected chi connectivity index (χ0v) is 14.9. The van der Waals surface area contributed by atoms with Gasteiger partial charge in [-0.3, -0.25) is 4.79 Å². The molecular weight excluding hydrogens is 310 g/mol. The van der Waals surface area contributed by atoms with Gasteiger partial charge in [0.05, 0.1) is 13.1 Å². The third kappa shape index (κ3) is 4.28. The highest BCUT2D eigenvalue weighted by Gasteiger charge is 2.09. The monoisotopic (exact) mass is 336 g/mol. The lowest BCUT2D eigenvalue weighted by Gasteiger charge is -2.15. The van der Waals surface area contributed by atoms with Crippen molar-refractivity contribution in [3.8, 4) is 0 Å². The van der Waals surface area contributed by atoms with Crippen LogP contribution in [0.1, 0.15) is 35.5 Å². The molecule has 0 saturated heterocycles. The van der Waals surface area contributed by atoms with Gasteiger partial charge < -0.3 is 15.2 Å². The van der Waals surface area contributed by atoms with E-state index in [1.54, 1.807) is 4.90 Å². The van der Waals surface area contributed by atoms with Crippen molar-refractivity contribution in [2.24, 2.45) is 0 Å². The van der Waals surface area contributed by atoms with Gasteiger partial charge in [0, 0.05) is 23.0 Å². The molecule has 3 N–H and O–H groups in total. The fourth-order valence-corrected chi connectivity index (χ4v) is 3.04. The molecule has 0 unspecified atom stereocenters. The van der Waals surface area contributed by atoms with Crippen LogP contribution in [0.5, 0.6) is 0 Å². The van der Waals surface area contributed by atoms with Crippen molar-refractivity contribution in [3.63, 3.8) is 0 Å². The van der Waals surface area contributed by atoms with Crippen LogP contribution in [0.3, 0.4) is 0 Å². The van der Waals surface area contributed by atoms with Crippen LogP contribution in [0.4, 0.5) is 0 Å². The molecule has 1 heterocycles. The molecule has 1 aromatic heterocycles. The van der Waals surface area contributed by atoms with Crippen molar-refractivity contribution in [2.45, 2.75) is 26.9 Å². The molecule has 25 heavy (non-hydrogen) atoms. The molecule has 0 aliphatic rings. The number of hydrogen-bond acceptors (Lipinski definition) is 1. The summed E-state index contributed by atoms with van der Waals surface area (Å²) in [5.74, 6) is -0.0761. The van der Waals surface area contributed by atoms with Gasteiger partial charge in [-0.25, -0.2) is 0 Å². The van der Waals surface area contributed by atoms with Crippen LogP contribution in [0, 0.1) is 0 Å². The number of para-hydroxylation sites is 1. The minimum atomic E-state index is -0.0761. The summed E-state index contributed by atoms with van der Waals surface area (Å²) >= 11 is 0. The molecule has 0 saturated carbocycles. The second-order valence-electron chi connectivity index (χ2n) is 6.40. The van der Waals surface area contributed by atoms with Crippen LogP contribution in [0.2, 0.25) is 0 Å². The summed E-state index contributed by atoms with van der Waals surface area (Å²) in [7, 11) is 0. The average Bonchev–Trinajstić information content (AvgIpc) is 3.09. The number of aromatic nitrogens is 1. The van der Waals surface area contributed by atoms with Crippen LogP contribution >= 0.6 is 0 Å². The number of carbonyl (C=O) groups is 1. The molecule has 1 amide bonds. The average molecular weight is 336 g/mol. The first-order valence-corrected chi connectivity index (χ1v) is 8.97. The SMILES string of the molecule is CC[NH+](CC)Cc1ccc(CNC(=O)c2cc3ccccc3[nH]2)cc1. The first kappa shape index (κ1) is 17.2. The fraction of sp³-hybridized carbons (Fsp3) is 0.286. The predicted octanol–water partition coefficient (Wildman–Crippen LogP) is 2.52. The fourth-order valence-electron chi connectivity index (χ4n) is 3.04. The molecule has 0 radical (unpaired) electrons. The molecule has 4 nitrogen and oxygen atoms in total. The van der Waals surface area contributed by atoms with Crippen molar-refractivity contribution in [2.75, 3.05) is 13.1 Å². The van der Waals surface area contributed by atoms with Crippen molar-refractivity contribution in [1.29, 1.82) is 0 Å². The van der Waals surface area contributed by atoms with Gasteiger partial charge in [-0.1, -0.05) is 42.5 Å². The zero-order valence-electron chi connectivity index (χ0n) is 14.9. The molecule has 3 aromatic rings. The number of aromatic amines is 1. The summed E-state index contributed by atoms with van der Waals surface area (Å²) in [6, 6.07) is 18.3. The van der Waals surface area contributed by atoms with E-state index in [1.807, 2.05) is 30.3 Å². The van der Waals surface area contributed by atoms with Gasteiger partial charge in [0.25, 0.3) is 5.91 Å². The molecular formula is C21H26N3O+. The Bertz CT molecular complexity index is 799. The Labute approximate surface area is 148 Å². The molecule has 2 aromatic carbocycles. The van der Waals surface area contributed by atoms with E-state index in [4.69, 9.17) is 0 Å². The van der Waals surface area contributed by atoms with Gasteiger partial charge in [-0.2, -0.15) is 0 Å². The summed E-state index contributed by atoms with van der Waals surface area (Å²) in [5, 5.41) is 4.04. The Morgan fingerprint density at radius 3 is 2.36 bits per heavy atom. The maximum atomic E-state index is 12.3. The Morgan fingerprint density at radius 1 is 1.00 bits per heavy atom. The summed E-state index contributed by atoms with van der Waals surface area (Å²) in [4.78, 5) is 17.1. The van der Waals surface area contributed by atoms with Crippen molar-refractivity contribution < 1.29 is 9.69 Å². The summed E-state index contributed by atoms with van der Waals surface area (Å²) in [6.45, 7) is 8.29. The number of quaternary nitrogens is 1. The number of nitrogens with one attached hydrogen (secondary N) is 3. The Kier molecular flexibility index (Phi) is 5.51. The van der Waals surface area contributed by atoms with Crippen LogP contribution in [0.15, 0.2) is 54.6 Å². The maximum absolute atomic E-state index is 12.3. The van der Waals surface area contributed by atoms with Gasteiger partial charge in [-0.15, -0.1) is 0 Å². The molecule has 0 fully saturated rings. The van der Waals surface area contributed by atoms with E-state index in [0.717, 1.165) is 36.1 Å². The van der Waals surface area contributed by atoms with Gasteiger partial charge in [-0.05, 0) is 31.5 Å². The number of fused-ring (bicyclic) bond motifs is 1. The number of benzene rings is 2. The first-order chi connectivity index (χ1) is 12.2. The molecule has 0 spiro atoms. The van der Waals surface area contributed by atoms with Crippen LogP contribution in [0.25, 0.3) is 10.9 Å². The number of H-pyrrole nitrogens is 1. The molecule has 130 valence electrons. The van der Waals surface area contributed by atoms with Gasteiger partial charge in [0.15, 0.2) is 0 Å². The zero-order chi connectivity index (χ0) is 17.6. The molecule has 0 atom stereocenters. The van der Waals surface area contributed by atoms with E-state index in [-0.39, 0.29) is 5.91 Å². The summed E-state index contributed by atoms with van der Waals surface area (Å²) in [5.41, 5.74) is 4.03. The largest absolute Gasteiger partial charge is 0.351 e. The highest BCUT2D eigenvalue weighted by Crippen LogP contribution is 2.14. The van der Waals surface area contributed by atoms with Crippen LogP contribution in [-0.2, 0) is 13.1 Å². The van der Waals surface area contributed by atoms with E-state index in [9.17, 15) is 4.79 Å². The highest BCUT2D eigenvalue weighted by atomic mass is 16.1. The standard InChI is InChI=1S/C21H25N3O/c1-3-24(4-2)15-17-11-9-16(10-12-17)14-22-21(25)20-13-18-7-5-6-8-19(18)23-20/h5-13,23H,3-4,14-15H2,1-2H3,(H,22,25)/p+1. The number of amides is 1. The van der Waals surface area contributed by atoms with E-state index >= 15 is 0 Å². The smallest absolute Gasteiger partial charge is 0.267 e. The van der Waals surface area contributed by atoms with Gasteiger partial charge in [0.1, 0.15) is 12.2 Å².